The van der Waals surface area contributed by atoms with E-state index in [2.05, 4.69) is 21.9 Å². The van der Waals surface area contributed by atoms with E-state index in [1.165, 1.54) is 19.2 Å². The third-order valence-electron chi connectivity index (χ3n) is 3.65. The van der Waals surface area contributed by atoms with Crippen molar-refractivity contribution in [3.05, 3.63) is 33.9 Å². The maximum atomic E-state index is 11.2. The van der Waals surface area contributed by atoms with Crippen molar-refractivity contribution < 1.29 is 19.2 Å². The van der Waals surface area contributed by atoms with Gasteiger partial charge in [0.1, 0.15) is 0 Å². The molecule has 0 radical (unpaired) electrons. The fourth-order valence-corrected chi connectivity index (χ4v) is 2.54. The average Bonchev–Trinajstić information content (AvgIpc) is 2.53. The van der Waals surface area contributed by atoms with Gasteiger partial charge in [0.15, 0.2) is 12.4 Å². The zero-order valence-electron chi connectivity index (χ0n) is 13.7. The number of piperazine rings is 1. The molecule has 9 heteroatoms. The van der Waals surface area contributed by atoms with Gasteiger partial charge in [0.05, 0.1) is 12.0 Å². The van der Waals surface area contributed by atoms with Gasteiger partial charge in [-0.05, 0) is 18.6 Å². The number of nitro groups is 1. The van der Waals surface area contributed by atoms with Crippen LogP contribution in [0.1, 0.15) is 12.5 Å². The lowest BCUT2D eigenvalue weighted by Gasteiger charge is -2.31. The second-order valence-electron chi connectivity index (χ2n) is 5.51. The molecule has 0 saturated carbocycles. The number of carbonyl (C=O) groups is 1. The molecule has 0 bridgehead atoms. The summed E-state index contributed by atoms with van der Waals surface area (Å²) < 4.78 is 9.63. The summed E-state index contributed by atoms with van der Waals surface area (Å²) in [5, 5.41) is 14.6. The molecule has 1 aliphatic heterocycles. The third-order valence-corrected chi connectivity index (χ3v) is 3.65. The minimum Gasteiger partial charge on any atom is -0.475 e. The predicted molar refractivity (Wildman–Crippen MR) is 90.6 cm³/mol. The molecule has 0 aliphatic carbocycles. The number of nitro benzene ring substituents is 1. The van der Waals surface area contributed by atoms with Gasteiger partial charge in [0, 0.05) is 38.3 Å². The maximum Gasteiger partial charge on any atom is 0.343 e. The molecule has 2 rings (SSSR count). The first-order chi connectivity index (χ1) is 11.0. The molecule has 1 unspecified atom stereocenters. The lowest BCUT2D eigenvalue weighted by Crippen LogP contribution is -2.48. The van der Waals surface area contributed by atoms with Crippen LogP contribution in [0.15, 0.2) is 18.2 Å². The van der Waals surface area contributed by atoms with Gasteiger partial charge in [0.25, 0.3) is 0 Å². The van der Waals surface area contributed by atoms with Crippen molar-refractivity contribution in [1.29, 1.82) is 0 Å². The van der Waals surface area contributed by atoms with Crippen LogP contribution in [-0.4, -0.2) is 55.2 Å². The molecule has 24 heavy (non-hydrogen) atoms. The Morgan fingerprint density at radius 3 is 2.88 bits per heavy atom. The SMILES string of the molecule is COC(=O)COc1ccc(CN2CCNC(C)C2)cc1[N+](=O)[O-].Cl. The molecule has 1 fully saturated rings. The fraction of sp³-hybridized carbons (Fsp3) is 0.533. The Hall–Kier alpha value is -1.90. The Bertz CT molecular complexity index is 584. The monoisotopic (exact) mass is 359 g/mol. The number of hydrogen-bond donors (Lipinski definition) is 1. The van der Waals surface area contributed by atoms with Crippen LogP contribution in [0.2, 0.25) is 0 Å². The zero-order valence-corrected chi connectivity index (χ0v) is 14.5. The first-order valence-electron chi connectivity index (χ1n) is 7.42. The topological polar surface area (TPSA) is 93.9 Å². The number of benzene rings is 1. The standard InChI is InChI=1S/C15H21N3O5.ClH/c1-11-8-17(6-5-16-11)9-12-3-4-14(13(7-12)18(20)21)23-10-15(19)22-2;/h3-4,7,11,16H,5-6,8-10H2,1-2H3;1H. The van der Waals surface area contributed by atoms with E-state index in [4.69, 9.17) is 4.74 Å². The van der Waals surface area contributed by atoms with E-state index in [9.17, 15) is 14.9 Å². The van der Waals surface area contributed by atoms with E-state index in [1.54, 1.807) is 6.07 Å². The van der Waals surface area contributed by atoms with Gasteiger partial charge in [-0.3, -0.25) is 15.0 Å². The van der Waals surface area contributed by atoms with Crippen molar-refractivity contribution in [1.82, 2.24) is 10.2 Å². The number of rotatable bonds is 6. The first kappa shape index (κ1) is 20.1. The van der Waals surface area contributed by atoms with Gasteiger partial charge in [-0.1, -0.05) is 6.07 Å². The number of nitrogens with one attached hydrogen (secondary N) is 1. The fourth-order valence-electron chi connectivity index (χ4n) is 2.54. The number of nitrogens with zero attached hydrogens (tertiary/aromatic N) is 2. The normalized spacial score (nSPS) is 17.7. The summed E-state index contributed by atoms with van der Waals surface area (Å²) in [6.45, 7) is 5.10. The molecule has 1 heterocycles. The molecule has 0 amide bonds. The van der Waals surface area contributed by atoms with E-state index < -0.39 is 10.9 Å². The first-order valence-corrected chi connectivity index (χ1v) is 7.42. The number of ether oxygens (including phenoxy) is 2. The summed E-state index contributed by atoms with van der Waals surface area (Å²) in [4.78, 5) is 24.1. The van der Waals surface area contributed by atoms with Gasteiger partial charge < -0.3 is 14.8 Å². The Labute approximate surface area is 146 Å². The van der Waals surface area contributed by atoms with Crippen LogP contribution in [0.25, 0.3) is 0 Å². The lowest BCUT2D eigenvalue weighted by atomic mass is 10.1. The summed E-state index contributed by atoms with van der Waals surface area (Å²) in [5.41, 5.74) is 0.700. The second kappa shape index (κ2) is 9.41. The molecular formula is C15H22ClN3O5. The summed E-state index contributed by atoms with van der Waals surface area (Å²) >= 11 is 0. The van der Waals surface area contributed by atoms with E-state index in [1.807, 2.05) is 0 Å². The second-order valence-corrected chi connectivity index (χ2v) is 5.51. The largest absolute Gasteiger partial charge is 0.475 e. The van der Waals surface area contributed by atoms with Crippen molar-refractivity contribution in [2.75, 3.05) is 33.4 Å². The minimum absolute atomic E-state index is 0. The van der Waals surface area contributed by atoms with Gasteiger partial charge >= 0.3 is 11.7 Å². The Balaban J connectivity index is 0.00000288. The number of halogens is 1. The number of esters is 1. The summed E-state index contributed by atoms with van der Waals surface area (Å²) in [7, 11) is 1.23. The van der Waals surface area contributed by atoms with E-state index in [-0.39, 0.29) is 30.5 Å². The molecule has 1 aromatic carbocycles. The van der Waals surface area contributed by atoms with Gasteiger partial charge in [-0.2, -0.15) is 0 Å². The van der Waals surface area contributed by atoms with E-state index >= 15 is 0 Å². The van der Waals surface area contributed by atoms with E-state index in [0.717, 1.165) is 25.2 Å². The smallest absolute Gasteiger partial charge is 0.343 e. The quantitative estimate of drug-likeness (QED) is 0.465. The lowest BCUT2D eigenvalue weighted by molar-refractivity contribution is -0.385. The van der Waals surface area contributed by atoms with Crippen LogP contribution in [0, 0.1) is 10.1 Å². The molecule has 1 aliphatic rings. The van der Waals surface area contributed by atoms with Gasteiger partial charge in [-0.25, -0.2) is 4.79 Å². The van der Waals surface area contributed by atoms with Crippen molar-refractivity contribution >= 4 is 24.1 Å². The minimum atomic E-state index is -0.585. The Morgan fingerprint density at radius 1 is 1.50 bits per heavy atom. The summed E-state index contributed by atoms with van der Waals surface area (Å²) in [6, 6.07) is 5.22. The molecule has 0 aromatic heterocycles. The van der Waals surface area contributed by atoms with Crippen LogP contribution in [-0.2, 0) is 16.1 Å². The summed E-state index contributed by atoms with van der Waals surface area (Å²) in [6.07, 6.45) is 0. The number of methoxy groups -OCH3 is 1. The molecule has 1 atom stereocenters. The summed E-state index contributed by atoms with van der Waals surface area (Å²) in [5.74, 6) is -0.518. The van der Waals surface area contributed by atoms with Crippen LogP contribution >= 0.6 is 12.4 Å². The van der Waals surface area contributed by atoms with Crippen molar-refractivity contribution in [3.63, 3.8) is 0 Å². The highest BCUT2D eigenvalue weighted by atomic mass is 35.5. The van der Waals surface area contributed by atoms with Crippen LogP contribution in [0.4, 0.5) is 5.69 Å². The van der Waals surface area contributed by atoms with Gasteiger partial charge in [-0.15, -0.1) is 12.4 Å². The highest BCUT2D eigenvalue weighted by Gasteiger charge is 2.20. The highest BCUT2D eigenvalue weighted by molar-refractivity contribution is 5.85. The number of carbonyl (C=O) groups excluding carboxylic acids is 1. The van der Waals surface area contributed by atoms with Crippen LogP contribution in [0.5, 0.6) is 5.75 Å². The molecule has 8 nitrogen and oxygen atoms in total. The Kier molecular flexibility index (Phi) is 7.90. The number of hydrogen-bond acceptors (Lipinski definition) is 7. The average molecular weight is 360 g/mol. The van der Waals surface area contributed by atoms with Gasteiger partial charge in [0.2, 0.25) is 0 Å². The molecule has 1 N–H and O–H groups in total. The van der Waals surface area contributed by atoms with Crippen LogP contribution in [0.3, 0.4) is 0 Å². The molecular weight excluding hydrogens is 338 g/mol. The van der Waals surface area contributed by atoms with Crippen molar-refractivity contribution in [2.24, 2.45) is 0 Å². The molecule has 1 aromatic rings. The molecule has 134 valence electrons. The van der Waals surface area contributed by atoms with E-state index in [0.29, 0.717) is 12.6 Å². The highest BCUT2D eigenvalue weighted by Crippen LogP contribution is 2.28. The molecule has 1 saturated heterocycles. The zero-order chi connectivity index (χ0) is 16.8. The third kappa shape index (κ3) is 5.63. The van der Waals surface area contributed by atoms with Crippen molar-refractivity contribution in [3.8, 4) is 5.75 Å². The predicted octanol–water partition coefficient (Wildman–Crippen LogP) is 1.36. The van der Waals surface area contributed by atoms with Crippen LogP contribution < -0.4 is 10.1 Å². The molecule has 0 spiro atoms. The Morgan fingerprint density at radius 2 is 2.25 bits per heavy atom. The van der Waals surface area contributed by atoms with Crippen molar-refractivity contribution in [2.45, 2.75) is 19.5 Å². The maximum absolute atomic E-state index is 11.2.